The van der Waals surface area contributed by atoms with E-state index in [1.54, 1.807) is 21.9 Å². The fraction of sp³-hybridized carbons (Fsp3) is 0.409. The van der Waals surface area contributed by atoms with Gasteiger partial charge in [0.25, 0.3) is 5.91 Å². The molecule has 154 valence electrons. The molecule has 1 fully saturated rings. The number of hydrogen-bond acceptors (Lipinski definition) is 5. The lowest BCUT2D eigenvalue weighted by Gasteiger charge is -2.34. The maximum absolute atomic E-state index is 13.2. The third kappa shape index (κ3) is 5.47. The second-order valence-electron chi connectivity index (χ2n) is 7.12. The Balaban J connectivity index is 1.61. The van der Waals surface area contributed by atoms with Crippen molar-refractivity contribution >= 4 is 17.8 Å². The largest absolute Gasteiger partial charge is 0.469 e. The van der Waals surface area contributed by atoms with Crippen LogP contribution in [0.5, 0.6) is 0 Å². The van der Waals surface area contributed by atoms with Gasteiger partial charge in [0.05, 0.1) is 19.8 Å². The van der Waals surface area contributed by atoms with E-state index in [0.717, 1.165) is 5.56 Å². The van der Waals surface area contributed by atoms with E-state index in [9.17, 15) is 14.4 Å². The topological polar surface area (TPSA) is 80.1 Å². The molecule has 1 saturated heterocycles. The molecule has 0 unspecified atom stereocenters. The van der Waals surface area contributed by atoms with E-state index in [2.05, 4.69) is 0 Å². The third-order valence-corrected chi connectivity index (χ3v) is 5.20. The number of piperidine rings is 1. The lowest BCUT2D eigenvalue weighted by molar-refractivity contribution is -0.143. The Morgan fingerprint density at radius 2 is 1.83 bits per heavy atom. The van der Waals surface area contributed by atoms with E-state index >= 15 is 0 Å². The molecule has 0 N–H and O–H groups in total. The van der Waals surface area contributed by atoms with Crippen LogP contribution in [0.3, 0.4) is 0 Å². The second kappa shape index (κ2) is 9.91. The number of esters is 1. The van der Waals surface area contributed by atoms with Crippen molar-refractivity contribution in [3.05, 3.63) is 60.1 Å². The van der Waals surface area contributed by atoms with Gasteiger partial charge in [0.1, 0.15) is 0 Å². The number of hydrogen-bond donors (Lipinski definition) is 0. The average molecular weight is 398 g/mol. The first kappa shape index (κ1) is 20.6. The fourth-order valence-corrected chi connectivity index (χ4v) is 3.54. The molecule has 1 aromatic carbocycles. The SMILES string of the molecule is COC(=O)CCN(Cc1ccccc1)C(=O)C1CCN(C(=O)c2ccco2)CC1. The molecule has 7 nitrogen and oxygen atoms in total. The van der Waals surface area contributed by atoms with E-state index in [4.69, 9.17) is 9.15 Å². The Labute approximate surface area is 170 Å². The highest BCUT2D eigenvalue weighted by Gasteiger charge is 2.31. The number of carbonyl (C=O) groups is 3. The quantitative estimate of drug-likeness (QED) is 0.670. The molecular formula is C22H26N2O5. The van der Waals surface area contributed by atoms with Crippen LogP contribution in [-0.4, -0.2) is 54.3 Å². The van der Waals surface area contributed by atoms with E-state index in [-0.39, 0.29) is 30.1 Å². The van der Waals surface area contributed by atoms with E-state index < -0.39 is 0 Å². The number of likely N-dealkylation sites (tertiary alicyclic amines) is 1. The van der Waals surface area contributed by atoms with Gasteiger partial charge in [-0.3, -0.25) is 14.4 Å². The van der Waals surface area contributed by atoms with Crippen molar-refractivity contribution in [3.63, 3.8) is 0 Å². The Bertz CT molecular complexity index is 811. The predicted molar refractivity (Wildman–Crippen MR) is 106 cm³/mol. The van der Waals surface area contributed by atoms with Crippen LogP contribution in [0.4, 0.5) is 0 Å². The van der Waals surface area contributed by atoms with Crippen molar-refractivity contribution < 1.29 is 23.5 Å². The molecule has 0 aliphatic carbocycles. The number of carbonyl (C=O) groups excluding carboxylic acids is 3. The van der Waals surface area contributed by atoms with Gasteiger partial charge in [-0.25, -0.2) is 0 Å². The predicted octanol–water partition coefficient (Wildman–Crippen LogP) is 2.72. The van der Waals surface area contributed by atoms with Crippen molar-refractivity contribution in [2.45, 2.75) is 25.8 Å². The highest BCUT2D eigenvalue weighted by Crippen LogP contribution is 2.22. The molecule has 0 atom stereocenters. The standard InChI is InChI=1S/C22H26N2O5/c1-28-20(25)11-14-24(16-17-6-3-2-4-7-17)21(26)18-9-12-23(13-10-18)22(27)19-8-5-15-29-19/h2-8,15,18H,9-14,16H2,1H3. The third-order valence-electron chi connectivity index (χ3n) is 5.20. The molecule has 0 bridgehead atoms. The summed E-state index contributed by atoms with van der Waals surface area (Å²) in [6.07, 6.45) is 2.82. The molecule has 0 spiro atoms. The number of furan rings is 1. The molecule has 2 heterocycles. The van der Waals surface area contributed by atoms with Crippen molar-refractivity contribution in [2.24, 2.45) is 5.92 Å². The monoisotopic (exact) mass is 398 g/mol. The number of benzene rings is 1. The Kier molecular flexibility index (Phi) is 7.05. The average Bonchev–Trinajstić information content (AvgIpc) is 3.31. The van der Waals surface area contributed by atoms with Crippen LogP contribution in [0.15, 0.2) is 53.1 Å². The van der Waals surface area contributed by atoms with Crippen LogP contribution in [0.1, 0.15) is 35.4 Å². The molecule has 2 aromatic rings. The Hall–Kier alpha value is -3.09. The lowest BCUT2D eigenvalue weighted by Crippen LogP contribution is -2.44. The normalized spacial score (nSPS) is 14.4. The van der Waals surface area contributed by atoms with Gasteiger partial charge in [0.15, 0.2) is 5.76 Å². The summed E-state index contributed by atoms with van der Waals surface area (Å²) in [5.74, 6) is -0.319. The van der Waals surface area contributed by atoms with E-state index in [0.29, 0.717) is 44.8 Å². The summed E-state index contributed by atoms with van der Waals surface area (Å²) in [5, 5.41) is 0. The zero-order valence-corrected chi connectivity index (χ0v) is 16.6. The first-order chi connectivity index (χ1) is 14.1. The number of amides is 2. The Morgan fingerprint density at radius 3 is 2.45 bits per heavy atom. The van der Waals surface area contributed by atoms with Gasteiger partial charge in [0, 0.05) is 32.1 Å². The van der Waals surface area contributed by atoms with E-state index in [1.165, 1.54) is 13.4 Å². The Morgan fingerprint density at radius 1 is 1.10 bits per heavy atom. The molecule has 29 heavy (non-hydrogen) atoms. The first-order valence-electron chi connectivity index (χ1n) is 9.80. The summed E-state index contributed by atoms with van der Waals surface area (Å²) in [6, 6.07) is 13.0. The number of nitrogens with zero attached hydrogens (tertiary/aromatic N) is 2. The van der Waals surface area contributed by atoms with Crippen LogP contribution in [-0.2, 0) is 20.9 Å². The molecular weight excluding hydrogens is 372 g/mol. The molecule has 1 aromatic heterocycles. The van der Waals surface area contributed by atoms with Gasteiger partial charge in [-0.1, -0.05) is 30.3 Å². The molecule has 0 radical (unpaired) electrons. The minimum absolute atomic E-state index is 0.0165. The zero-order chi connectivity index (χ0) is 20.6. The minimum Gasteiger partial charge on any atom is -0.469 e. The van der Waals surface area contributed by atoms with Crippen LogP contribution >= 0.6 is 0 Å². The van der Waals surface area contributed by atoms with Crippen LogP contribution in [0, 0.1) is 5.92 Å². The van der Waals surface area contributed by atoms with Gasteiger partial charge in [-0.05, 0) is 30.5 Å². The zero-order valence-electron chi connectivity index (χ0n) is 16.6. The highest BCUT2D eigenvalue weighted by atomic mass is 16.5. The second-order valence-corrected chi connectivity index (χ2v) is 7.12. The maximum atomic E-state index is 13.2. The van der Waals surface area contributed by atoms with Crippen molar-refractivity contribution in [1.29, 1.82) is 0 Å². The number of methoxy groups -OCH3 is 1. The summed E-state index contributed by atoms with van der Waals surface area (Å²) >= 11 is 0. The molecule has 3 rings (SSSR count). The molecule has 7 heteroatoms. The fourth-order valence-electron chi connectivity index (χ4n) is 3.54. The maximum Gasteiger partial charge on any atom is 0.307 e. The van der Waals surface area contributed by atoms with Gasteiger partial charge < -0.3 is 19.0 Å². The number of rotatable bonds is 7. The van der Waals surface area contributed by atoms with Crippen LogP contribution in [0.25, 0.3) is 0 Å². The highest BCUT2D eigenvalue weighted by molar-refractivity contribution is 5.91. The van der Waals surface area contributed by atoms with Gasteiger partial charge >= 0.3 is 5.97 Å². The van der Waals surface area contributed by atoms with Gasteiger partial charge in [0.2, 0.25) is 5.91 Å². The van der Waals surface area contributed by atoms with Gasteiger partial charge in [-0.15, -0.1) is 0 Å². The van der Waals surface area contributed by atoms with Crippen molar-refractivity contribution in [3.8, 4) is 0 Å². The number of ether oxygens (including phenoxy) is 1. The molecule has 1 aliphatic heterocycles. The molecule has 1 aliphatic rings. The first-order valence-corrected chi connectivity index (χ1v) is 9.80. The van der Waals surface area contributed by atoms with Gasteiger partial charge in [-0.2, -0.15) is 0 Å². The lowest BCUT2D eigenvalue weighted by atomic mass is 9.94. The van der Waals surface area contributed by atoms with Crippen LogP contribution < -0.4 is 0 Å². The summed E-state index contributed by atoms with van der Waals surface area (Å²) in [5.41, 5.74) is 1.01. The van der Waals surface area contributed by atoms with Crippen molar-refractivity contribution in [1.82, 2.24) is 9.80 Å². The summed E-state index contributed by atoms with van der Waals surface area (Å²) in [4.78, 5) is 40.6. The molecule has 2 amide bonds. The molecule has 0 saturated carbocycles. The summed E-state index contributed by atoms with van der Waals surface area (Å²) < 4.78 is 9.90. The summed E-state index contributed by atoms with van der Waals surface area (Å²) in [6.45, 7) is 1.77. The smallest absolute Gasteiger partial charge is 0.307 e. The van der Waals surface area contributed by atoms with Crippen LogP contribution in [0.2, 0.25) is 0 Å². The van der Waals surface area contributed by atoms with Crippen molar-refractivity contribution in [2.75, 3.05) is 26.7 Å². The van der Waals surface area contributed by atoms with E-state index in [1.807, 2.05) is 30.3 Å². The minimum atomic E-state index is -0.338. The summed E-state index contributed by atoms with van der Waals surface area (Å²) in [7, 11) is 1.34.